The fourth-order valence-electron chi connectivity index (χ4n) is 4.95. The van der Waals surface area contributed by atoms with Crippen LogP contribution >= 0.6 is 0 Å². The first-order valence-corrected chi connectivity index (χ1v) is 10.5. The average molecular weight is 396 g/mol. The lowest BCUT2D eigenvalue weighted by Gasteiger charge is -2.47. The molecule has 0 saturated carbocycles. The highest BCUT2D eigenvalue weighted by Gasteiger charge is 2.41. The van der Waals surface area contributed by atoms with Crippen molar-refractivity contribution in [3.05, 3.63) is 68.5 Å². The molecule has 2 aromatic rings. The molecule has 3 atom stereocenters. The summed E-state index contributed by atoms with van der Waals surface area (Å²) in [7, 11) is 1.68. The van der Waals surface area contributed by atoms with Crippen LogP contribution in [0.25, 0.3) is 0 Å². The number of carbonyl (C=O) groups is 1. The molecular formula is C23H29N3O3. The topological polar surface area (TPSA) is 64.3 Å². The van der Waals surface area contributed by atoms with Crippen LogP contribution < -0.4 is 11.1 Å². The maximum atomic E-state index is 13.2. The molecule has 2 aliphatic rings. The summed E-state index contributed by atoms with van der Waals surface area (Å²) in [5, 5.41) is 0. The Morgan fingerprint density at radius 1 is 1.14 bits per heavy atom. The summed E-state index contributed by atoms with van der Waals surface area (Å²) < 4.78 is 3.47. The van der Waals surface area contributed by atoms with Crippen LogP contribution in [-0.4, -0.2) is 33.0 Å². The number of rotatable bonds is 4. The molecule has 1 fully saturated rings. The Morgan fingerprint density at radius 3 is 2.66 bits per heavy atom. The zero-order chi connectivity index (χ0) is 20.7. The summed E-state index contributed by atoms with van der Waals surface area (Å²) in [6.07, 6.45) is 4.64. The van der Waals surface area contributed by atoms with Crippen LogP contribution in [0.2, 0.25) is 0 Å². The van der Waals surface area contributed by atoms with E-state index in [4.69, 9.17) is 0 Å². The number of hydrogen-bond acceptors (Lipinski definition) is 3. The largest absolute Gasteiger partial charge is 0.338 e. The standard InChI is InChI=1S/C23H29N3O3/c1-15(2)7-8-20-18-11-17(19-5-4-6-21(27)26(19)20)13-25(14-18)23(29)16-9-10-24(3)22(28)12-16/h4-6,9-10,12,15,17-18,20H,7-8,11,13-14H2,1-3H3/t17-,18+,20+/m1/s1. The van der Waals surface area contributed by atoms with Crippen LogP contribution in [-0.2, 0) is 7.05 Å². The molecule has 1 amide bonds. The van der Waals surface area contributed by atoms with Gasteiger partial charge in [-0.3, -0.25) is 14.4 Å². The molecule has 0 unspecified atom stereocenters. The third kappa shape index (κ3) is 3.68. The molecule has 0 aromatic carbocycles. The van der Waals surface area contributed by atoms with E-state index in [1.807, 2.05) is 21.6 Å². The highest BCUT2D eigenvalue weighted by atomic mass is 16.2. The number of hydrogen-bond donors (Lipinski definition) is 0. The summed E-state index contributed by atoms with van der Waals surface area (Å²) in [4.78, 5) is 39.7. The third-order valence-electron chi connectivity index (χ3n) is 6.48. The monoisotopic (exact) mass is 395 g/mol. The van der Waals surface area contributed by atoms with Crippen LogP contribution in [0, 0.1) is 11.8 Å². The number of amides is 1. The molecule has 0 N–H and O–H groups in total. The molecule has 0 spiro atoms. The van der Waals surface area contributed by atoms with E-state index in [1.165, 1.54) is 10.6 Å². The second-order valence-electron chi connectivity index (χ2n) is 8.96. The van der Waals surface area contributed by atoms with Crippen LogP contribution in [0.5, 0.6) is 0 Å². The summed E-state index contributed by atoms with van der Waals surface area (Å²) in [6.45, 7) is 5.62. The fourth-order valence-corrected chi connectivity index (χ4v) is 4.95. The number of likely N-dealkylation sites (tertiary alicyclic amines) is 1. The SMILES string of the molecule is CC(C)CC[C@H]1[C@H]2C[C@H](CN(C(=O)c3ccn(C)c(=O)c3)C2)c2cccc(=O)n21. The second kappa shape index (κ2) is 7.65. The lowest BCUT2D eigenvalue weighted by Crippen LogP contribution is -2.51. The van der Waals surface area contributed by atoms with E-state index in [-0.39, 0.29) is 34.9 Å². The number of aromatic nitrogens is 2. The predicted molar refractivity (Wildman–Crippen MR) is 112 cm³/mol. The van der Waals surface area contributed by atoms with Crippen molar-refractivity contribution in [2.24, 2.45) is 18.9 Å². The normalized spacial score (nSPS) is 23.2. The lowest BCUT2D eigenvalue weighted by atomic mass is 9.76. The van der Waals surface area contributed by atoms with Crippen LogP contribution in [0.4, 0.5) is 0 Å². The number of aryl methyl sites for hydroxylation is 1. The van der Waals surface area contributed by atoms with E-state index in [2.05, 4.69) is 13.8 Å². The summed E-state index contributed by atoms with van der Waals surface area (Å²) in [5.41, 5.74) is 1.37. The molecule has 6 heteroatoms. The highest BCUT2D eigenvalue weighted by Crippen LogP contribution is 2.43. The summed E-state index contributed by atoms with van der Waals surface area (Å²) in [6, 6.07) is 8.77. The Labute approximate surface area is 170 Å². The van der Waals surface area contributed by atoms with Gasteiger partial charge in [-0.1, -0.05) is 19.9 Å². The van der Waals surface area contributed by atoms with Gasteiger partial charge in [0.05, 0.1) is 0 Å². The van der Waals surface area contributed by atoms with E-state index in [0.29, 0.717) is 24.6 Å². The maximum absolute atomic E-state index is 13.2. The Hall–Kier alpha value is -2.63. The number of nitrogens with zero attached hydrogens (tertiary/aromatic N) is 3. The first kappa shape index (κ1) is 19.7. The van der Waals surface area contributed by atoms with Gasteiger partial charge >= 0.3 is 0 Å². The van der Waals surface area contributed by atoms with Gasteiger partial charge in [-0.25, -0.2) is 0 Å². The Balaban J connectivity index is 1.67. The highest BCUT2D eigenvalue weighted by molar-refractivity contribution is 5.94. The van der Waals surface area contributed by atoms with Crippen molar-refractivity contribution in [3.8, 4) is 0 Å². The van der Waals surface area contributed by atoms with Gasteiger partial charge < -0.3 is 14.0 Å². The second-order valence-corrected chi connectivity index (χ2v) is 8.96. The van der Waals surface area contributed by atoms with Crippen molar-refractivity contribution in [3.63, 3.8) is 0 Å². The first-order chi connectivity index (χ1) is 13.8. The third-order valence-corrected chi connectivity index (χ3v) is 6.48. The smallest absolute Gasteiger partial charge is 0.254 e. The number of carbonyl (C=O) groups excluding carboxylic acids is 1. The molecular weight excluding hydrogens is 366 g/mol. The van der Waals surface area contributed by atoms with Crippen molar-refractivity contribution in [2.75, 3.05) is 13.1 Å². The van der Waals surface area contributed by atoms with Gasteiger partial charge in [-0.05, 0) is 43.2 Å². The van der Waals surface area contributed by atoms with Crippen LogP contribution in [0.15, 0.2) is 46.1 Å². The first-order valence-electron chi connectivity index (χ1n) is 10.5. The van der Waals surface area contributed by atoms with Crippen LogP contribution in [0.1, 0.15) is 61.1 Å². The molecule has 4 heterocycles. The zero-order valence-corrected chi connectivity index (χ0v) is 17.4. The molecule has 2 aliphatic heterocycles. The molecule has 2 aromatic heterocycles. The van der Waals surface area contributed by atoms with Gasteiger partial charge in [0.15, 0.2) is 0 Å². The van der Waals surface area contributed by atoms with Crippen molar-refractivity contribution in [1.82, 2.24) is 14.0 Å². The Morgan fingerprint density at radius 2 is 1.93 bits per heavy atom. The Kier molecular flexibility index (Phi) is 5.19. The minimum atomic E-state index is -0.181. The lowest BCUT2D eigenvalue weighted by molar-refractivity contribution is 0.0513. The minimum absolute atomic E-state index is 0.0669. The molecule has 154 valence electrons. The van der Waals surface area contributed by atoms with Crippen LogP contribution in [0.3, 0.4) is 0 Å². The zero-order valence-electron chi connectivity index (χ0n) is 17.4. The van der Waals surface area contributed by atoms with Crippen molar-refractivity contribution < 1.29 is 4.79 Å². The van der Waals surface area contributed by atoms with Gasteiger partial charge in [0.25, 0.3) is 17.0 Å². The molecule has 6 nitrogen and oxygen atoms in total. The van der Waals surface area contributed by atoms with Crippen molar-refractivity contribution in [2.45, 2.75) is 45.1 Å². The van der Waals surface area contributed by atoms with Gasteiger partial charge in [0.1, 0.15) is 0 Å². The molecule has 0 radical (unpaired) electrons. The van der Waals surface area contributed by atoms with Gasteiger partial charge in [0.2, 0.25) is 0 Å². The van der Waals surface area contributed by atoms with E-state index in [9.17, 15) is 14.4 Å². The Bertz CT molecular complexity index is 1040. The number of pyridine rings is 2. The van der Waals surface area contributed by atoms with Gasteiger partial charge in [-0.15, -0.1) is 0 Å². The average Bonchev–Trinajstić information content (AvgIpc) is 2.69. The molecule has 2 bridgehead atoms. The number of piperidine rings is 1. The number of fused-ring (bicyclic) bond motifs is 4. The molecule has 1 saturated heterocycles. The summed E-state index contributed by atoms with van der Waals surface area (Å²) in [5.74, 6) is 0.897. The van der Waals surface area contributed by atoms with E-state index in [1.54, 1.807) is 25.4 Å². The van der Waals surface area contributed by atoms with Gasteiger partial charge in [0, 0.05) is 61.7 Å². The van der Waals surface area contributed by atoms with E-state index < -0.39 is 0 Å². The quantitative estimate of drug-likeness (QED) is 0.800. The van der Waals surface area contributed by atoms with Crippen molar-refractivity contribution >= 4 is 5.91 Å². The van der Waals surface area contributed by atoms with Crippen molar-refractivity contribution in [1.29, 1.82) is 0 Å². The fraction of sp³-hybridized carbons (Fsp3) is 0.522. The predicted octanol–water partition coefficient (Wildman–Crippen LogP) is 2.78. The molecule has 4 rings (SSSR count). The van der Waals surface area contributed by atoms with E-state index >= 15 is 0 Å². The minimum Gasteiger partial charge on any atom is -0.338 e. The van der Waals surface area contributed by atoms with Gasteiger partial charge in [-0.2, -0.15) is 0 Å². The molecule has 29 heavy (non-hydrogen) atoms. The van der Waals surface area contributed by atoms with E-state index in [0.717, 1.165) is 25.0 Å². The summed E-state index contributed by atoms with van der Waals surface area (Å²) >= 11 is 0. The molecule has 0 aliphatic carbocycles. The maximum Gasteiger partial charge on any atom is 0.254 e.